The maximum atomic E-state index is 12.2. The number of nitrogens with one attached hydrogen (secondary N) is 2. The third kappa shape index (κ3) is 3.70. The van der Waals surface area contributed by atoms with Gasteiger partial charge in [0.15, 0.2) is 0 Å². The molecule has 2 N–H and O–H groups in total. The van der Waals surface area contributed by atoms with E-state index in [1.807, 2.05) is 25.1 Å². The van der Waals surface area contributed by atoms with Crippen LogP contribution in [0.3, 0.4) is 0 Å². The molecule has 1 aromatic rings. The highest BCUT2D eigenvalue weighted by Crippen LogP contribution is 2.14. The lowest BCUT2D eigenvalue weighted by atomic mass is 9.99. The highest BCUT2D eigenvalue weighted by atomic mass is 16.5. The Bertz CT molecular complexity index is 434. The van der Waals surface area contributed by atoms with Gasteiger partial charge in [0.25, 0.3) is 5.91 Å². The van der Waals surface area contributed by atoms with Crippen molar-refractivity contribution >= 4 is 5.91 Å². The van der Waals surface area contributed by atoms with Crippen LogP contribution in [-0.4, -0.2) is 31.1 Å². The zero-order valence-electron chi connectivity index (χ0n) is 11.6. The molecule has 1 aliphatic heterocycles. The summed E-state index contributed by atoms with van der Waals surface area (Å²) in [5.41, 5.74) is 0.656. The summed E-state index contributed by atoms with van der Waals surface area (Å²) < 4.78 is 5.42. The van der Waals surface area contributed by atoms with Crippen LogP contribution in [0, 0.1) is 0 Å². The Morgan fingerprint density at radius 3 is 3.11 bits per heavy atom. The van der Waals surface area contributed by atoms with Crippen LogP contribution in [0.1, 0.15) is 37.0 Å². The maximum absolute atomic E-state index is 12.2. The van der Waals surface area contributed by atoms with Gasteiger partial charge in [-0.15, -0.1) is 0 Å². The summed E-state index contributed by atoms with van der Waals surface area (Å²) in [7, 11) is 0. The third-order valence-electron chi connectivity index (χ3n) is 3.49. The molecule has 1 fully saturated rings. The number of hydrogen-bond acceptors (Lipinski definition) is 3. The minimum absolute atomic E-state index is 0.0258. The molecular weight excluding hydrogens is 240 g/mol. The molecule has 1 amide bonds. The quantitative estimate of drug-likeness (QED) is 0.872. The minimum Gasteiger partial charge on any atom is -0.494 e. The van der Waals surface area contributed by atoms with Gasteiger partial charge in [-0.1, -0.05) is 6.07 Å². The Kier molecular flexibility index (Phi) is 4.80. The molecule has 19 heavy (non-hydrogen) atoms. The molecule has 2 unspecified atom stereocenters. The summed E-state index contributed by atoms with van der Waals surface area (Å²) in [6.07, 6.45) is 2.14. The van der Waals surface area contributed by atoms with Gasteiger partial charge in [-0.05, 0) is 51.4 Å². The second kappa shape index (κ2) is 6.57. The van der Waals surface area contributed by atoms with Crippen molar-refractivity contribution in [2.45, 2.75) is 38.8 Å². The number of benzene rings is 1. The Balaban J connectivity index is 2.00. The zero-order valence-corrected chi connectivity index (χ0v) is 11.6. The lowest BCUT2D eigenvalue weighted by molar-refractivity contribution is 0.0919. The number of rotatable bonds is 4. The van der Waals surface area contributed by atoms with Crippen LogP contribution in [0.2, 0.25) is 0 Å². The normalized spacial score (nSPS) is 22.8. The van der Waals surface area contributed by atoms with E-state index in [1.165, 1.54) is 0 Å². The van der Waals surface area contributed by atoms with Crippen LogP contribution in [0.4, 0.5) is 0 Å². The van der Waals surface area contributed by atoms with Gasteiger partial charge in [0.1, 0.15) is 5.75 Å². The van der Waals surface area contributed by atoms with Crippen LogP contribution in [0.15, 0.2) is 24.3 Å². The van der Waals surface area contributed by atoms with Gasteiger partial charge in [0, 0.05) is 17.6 Å². The number of carbonyl (C=O) groups excluding carboxylic acids is 1. The Morgan fingerprint density at radius 2 is 2.37 bits per heavy atom. The molecule has 0 radical (unpaired) electrons. The van der Waals surface area contributed by atoms with Gasteiger partial charge < -0.3 is 15.4 Å². The van der Waals surface area contributed by atoms with Gasteiger partial charge in [-0.2, -0.15) is 0 Å². The van der Waals surface area contributed by atoms with E-state index < -0.39 is 0 Å². The van der Waals surface area contributed by atoms with Gasteiger partial charge in [-0.3, -0.25) is 4.79 Å². The second-order valence-corrected chi connectivity index (χ2v) is 4.93. The van der Waals surface area contributed by atoms with Crippen LogP contribution in [0.25, 0.3) is 0 Å². The summed E-state index contributed by atoms with van der Waals surface area (Å²) in [6, 6.07) is 7.86. The van der Waals surface area contributed by atoms with E-state index in [0.29, 0.717) is 18.2 Å². The Hall–Kier alpha value is -1.55. The molecule has 4 heteroatoms. The fourth-order valence-electron chi connectivity index (χ4n) is 2.39. The summed E-state index contributed by atoms with van der Waals surface area (Å²) in [5, 5.41) is 6.48. The summed E-state index contributed by atoms with van der Waals surface area (Å²) >= 11 is 0. The molecule has 1 aromatic carbocycles. The van der Waals surface area contributed by atoms with E-state index in [4.69, 9.17) is 4.74 Å². The standard InChI is InChI=1S/C15H22N2O2/c1-3-19-13-7-4-6-12(10-13)15(18)17-14-8-5-9-16-11(14)2/h4,6-7,10-11,14,16H,3,5,8-9H2,1-2H3,(H,17,18). The number of hydrogen-bond donors (Lipinski definition) is 2. The number of amides is 1. The summed E-state index contributed by atoms with van der Waals surface area (Å²) in [5.74, 6) is 0.715. The topological polar surface area (TPSA) is 50.4 Å². The first-order chi connectivity index (χ1) is 9.20. The molecule has 2 atom stereocenters. The lowest BCUT2D eigenvalue weighted by Crippen LogP contribution is -2.51. The lowest BCUT2D eigenvalue weighted by Gasteiger charge is -2.30. The molecule has 1 saturated heterocycles. The van der Waals surface area contributed by atoms with Crippen molar-refractivity contribution in [3.8, 4) is 5.75 Å². The van der Waals surface area contributed by atoms with Crippen LogP contribution >= 0.6 is 0 Å². The molecular formula is C15H22N2O2. The molecule has 2 rings (SSSR count). The molecule has 104 valence electrons. The van der Waals surface area contributed by atoms with Crippen molar-refractivity contribution in [1.82, 2.24) is 10.6 Å². The molecule has 4 nitrogen and oxygen atoms in total. The number of ether oxygens (including phenoxy) is 1. The molecule has 0 bridgehead atoms. The fourth-order valence-corrected chi connectivity index (χ4v) is 2.39. The van der Waals surface area contributed by atoms with Gasteiger partial charge in [0.2, 0.25) is 0 Å². The monoisotopic (exact) mass is 262 g/mol. The predicted molar refractivity (Wildman–Crippen MR) is 75.6 cm³/mol. The SMILES string of the molecule is CCOc1cccc(C(=O)NC2CCCNC2C)c1. The van der Waals surface area contributed by atoms with E-state index in [9.17, 15) is 4.79 Å². The van der Waals surface area contributed by atoms with E-state index in [-0.39, 0.29) is 11.9 Å². The molecule has 0 saturated carbocycles. The zero-order chi connectivity index (χ0) is 13.7. The van der Waals surface area contributed by atoms with Crippen molar-refractivity contribution in [3.63, 3.8) is 0 Å². The van der Waals surface area contributed by atoms with Crippen molar-refractivity contribution in [1.29, 1.82) is 0 Å². The third-order valence-corrected chi connectivity index (χ3v) is 3.49. The van der Waals surface area contributed by atoms with E-state index in [0.717, 1.165) is 25.1 Å². The maximum Gasteiger partial charge on any atom is 0.251 e. The first-order valence-corrected chi connectivity index (χ1v) is 6.98. The van der Waals surface area contributed by atoms with Crippen molar-refractivity contribution in [2.75, 3.05) is 13.2 Å². The van der Waals surface area contributed by atoms with Gasteiger partial charge in [-0.25, -0.2) is 0 Å². The van der Waals surface area contributed by atoms with Crippen LogP contribution in [-0.2, 0) is 0 Å². The van der Waals surface area contributed by atoms with Crippen LogP contribution in [0.5, 0.6) is 5.75 Å². The first kappa shape index (κ1) is 13.9. The van der Waals surface area contributed by atoms with E-state index in [1.54, 1.807) is 6.07 Å². The largest absolute Gasteiger partial charge is 0.494 e. The smallest absolute Gasteiger partial charge is 0.251 e. The van der Waals surface area contributed by atoms with Crippen LogP contribution < -0.4 is 15.4 Å². The van der Waals surface area contributed by atoms with Gasteiger partial charge in [0.05, 0.1) is 6.61 Å². The van der Waals surface area contributed by atoms with Crippen molar-refractivity contribution in [3.05, 3.63) is 29.8 Å². The number of piperidine rings is 1. The molecule has 0 aromatic heterocycles. The van der Waals surface area contributed by atoms with Crippen molar-refractivity contribution in [2.24, 2.45) is 0 Å². The minimum atomic E-state index is -0.0258. The molecule has 0 aliphatic carbocycles. The second-order valence-electron chi connectivity index (χ2n) is 4.93. The van der Waals surface area contributed by atoms with E-state index in [2.05, 4.69) is 17.6 Å². The van der Waals surface area contributed by atoms with E-state index >= 15 is 0 Å². The molecule has 1 aliphatic rings. The summed E-state index contributed by atoms with van der Waals surface area (Å²) in [6.45, 7) is 5.69. The first-order valence-electron chi connectivity index (χ1n) is 6.98. The highest BCUT2D eigenvalue weighted by molar-refractivity contribution is 5.94. The molecule has 0 spiro atoms. The predicted octanol–water partition coefficient (Wildman–Crippen LogP) is 1.96. The highest BCUT2D eigenvalue weighted by Gasteiger charge is 2.22. The van der Waals surface area contributed by atoms with Crippen molar-refractivity contribution < 1.29 is 9.53 Å². The average Bonchev–Trinajstić information content (AvgIpc) is 2.42. The average molecular weight is 262 g/mol. The number of carbonyl (C=O) groups is 1. The Morgan fingerprint density at radius 1 is 1.53 bits per heavy atom. The summed E-state index contributed by atoms with van der Waals surface area (Å²) in [4.78, 5) is 12.2. The van der Waals surface area contributed by atoms with Gasteiger partial charge >= 0.3 is 0 Å². The fraction of sp³-hybridized carbons (Fsp3) is 0.533. The Labute approximate surface area is 114 Å². The molecule has 1 heterocycles.